The quantitative estimate of drug-likeness (QED) is 0.159. The average molecular weight is 883 g/mol. The molecule has 0 fully saturated rings. The van der Waals surface area contributed by atoms with E-state index in [1.54, 1.807) is 0 Å². The van der Waals surface area contributed by atoms with Gasteiger partial charge in [-0.1, -0.05) is 182 Å². The Morgan fingerprint density at radius 2 is 0.841 bits per heavy atom. The fourth-order valence-corrected chi connectivity index (χ4v) is 10.2. The second kappa shape index (κ2) is 15.6. The molecule has 0 aliphatic heterocycles. The minimum Gasteiger partial charge on any atom is -0.455 e. The molecule has 0 unspecified atom stereocenters. The van der Waals surface area contributed by atoms with Crippen LogP contribution in [0, 0.1) is 0 Å². The molecule has 6 heteroatoms. The van der Waals surface area contributed by atoms with Crippen LogP contribution in [0.25, 0.3) is 139 Å². The highest BCUT2D eigenvalue weighted by Gasteiger charge is 2.21. The summed E-state index contributed by atoms with van der Waals surface area (Å²) in [5, 5.41) is 6.62. The van der Waals surface area contributed by atoms with Gasteiger partial charge in [0.2, 0.25) is 0 Å². The minimum atomic E-state index is 0.608. The number of benzene rings is 10. The van der Waals surface area contributed by atoms with E-state index in [9.17, 15) is 0 Å². The maximum absolute atomic E-state index is 6.96. The van der Waals surface area contributed by atoms with Crippen LogP contribution in [0.5, 0.6) is 0 Å². The summed E-state index contributed by atoms with van der Waals surface area (Å²) in [6.07, 6.45) is 0. The van der Waals surface area contributed by atoms with Crippen molar-refractivity contribution in [3.05, 3.63) is 231 Å². The third-order valence-corrected chi connectivity index (χ3v) is 13.5. The highest BCUT2D eigenvalue weighted by molar-refractivity contribution is 6.17. The van der Waals surface area contributed by atoms with Crippen molar-refractivity contribution in [2.75, 3.05) is 0 Å². The molecule has 0 N–H and O–H groups in total. The van der Waals surface area contributed by atoms with E-state index in [0.29, 0.717) is 17.5 Å². The van der Waals surface area contributed by atoms with Gasteiger partial charge in [-0.3, -0.25) is 0 Å². The van der Waals surface area contributed by atoms with Crippen LogP contribution in [0.1, 0.15) is 0 Å². The first-order valence-corrected chi connectivity index (χ1v) is 23.2. The van der Waals surface area contributed by atoms with Crippen LogP contribution < -0.4 is 0 Å². The lowest BCUT2D eigenvalue weighted by atomic mass is 9.96. The predicted octanol–water partition coefficient (Wildman–Crippen LogP) is 16.8. The Morgan fingerprint density at radius 1 is 0.290 bits per heavy atom. The lowest BCUT2D eigenvalue weighted by Gasteiger charge is -2.10. The molecule has 4 heterocycles. The standard InChI is InChI=1S/C63H38N4O2/c1-4-16-39(17-5-1)42-33-35-54-52(37-42)48-24-10-11-29-53(48)67(54)55-30-14-27-50-49-34-32-44(38-57(49)69-60(50)55)47-26-13-28-51-58-46(25-15-31-56(58)68-59(47)51)43-22-12-23-45(36-43)63-65-61(40-18-6-2-7-19-40)64-62(66-63)41-20-8-3-9-21-41/h1-38H. The Hall–Kier alpha value is -9.39. The van der Waals surface area contributed by atoms with E-state index in [4.69, 9.17) is 23.8 Å². The van der Waals surface area contributed by atoms with E-state index in [1.165, 1.54) is 21.9 Å². The second-order valence-electron chi connectivity index (χ2n) is 17.5. The molecule has 0 saturated heterocycles. The summed E-state index contributed by atoms with van der Waals surface area (Å²) in [4.78, 5) is 15.0. The molecule has 10 aromatic carbocycles. The van der Waals surface area contributed by atoms with Crippen molar-refractivity contribution in [1.29, 1.82) is 0 Å². The molecule has 69 heavy (non-hydrogen) atoms. The minimum absolute atomic E-state index is 0.608. The van der Waals surface area contributed by atoms with Gasteiger partial charge in [-0.05, 0) is 76.3 Å². The second-order valence-corrected chi connectivity index (χ2v) is 17.5. The first kappa shape index (κ1) is 38.8. The third-order valence-electron chi connectivity index (χ3n) is 13.5. The Labute approximate surface area is 396 Å². The highest BCUT2D eigenvalue weighted by Crippen LogP contribution is 2.44. The predicted molar refractivity (Wildman–Crippen MR) is 281 cm³/mol. The topological polar surface area (TPSA) is 69.9 Å². The molecule has 14 aromatic rings. The van der Waals surface area contributed by atoms with Gasteiger partial charge in [-0.15, -0.1) is 0 Å². The fraction of sp³-hybridized carbons (Fsp3) is 0. The van der Waals surface area contributed by atoms with Gasteiger partial charge < -0.3 is 13.4 Å². The normalized spacial score (nSPS) is 11.8. The monoisotopic (exact) mass is 882 g/mol. The van der Waals surface area contributed by atoms with Gasteiger partial charge in [0.25, 0.3) is 0 Å². The Kier molecular flexibility index (Phi) is 8.79. The van der Waals surface area contributed by atoms with E-state index in [2.05, 4.69) is 174 Å². The Bertz CT molecular complexity index is 4250. The molecule has 0 aliphatic carbocycles. The highest BCUT2D eigenvalue weighted by atomic mass is 16.3. The van der Waals surface area contributed by atoms with Crippen LogP contribution >= 0.6 is 0 Å². The van der Waals surface area contributed by atoms with Crippen LogP contribution in [-0.4, -0.2) is 19.5 Å². The van der Waals surface area contributed by atoms with E-state index < -0.39 is 0 Å². The number of para-hydroxylation sites is 3. The van der Waals surface area contributed by atoms with Gasteiger partial charge >= 0.3 is 0 Å². The lowest BCUT2D eigenvalue weighted by molar-refractivity contribution is 0.666. The molecule has 0 radical (unpaired) electrons. The van der Waals surface area contributed by atoms with Crippen molar-refractivity contribution < 1.29 is 8.83 Å². The summed E-state index contributed by atoms with van der Waals surface area (Å²) >= 11 is 0. The number of hydrogen-bond donors (Lipinski definition) is 0. The van der Waals surface area contributed by atoms with Crippen molar-refractivity contribution in [2.24, 2.45) is 0 Å². The van der Waals surface area contributed by atoms with E-state index in [-0.39, 0.29) is 0 Å². The van der Waals surface area contributed by atoms with Gasteiger partial charge in [0.15, 0.2) is 23.1 Å². The summed E-state index contributed by atoms with van der Waals surface area (Å²) in [5.41, 5.74) is 15.8. The maximum Gasteiger partial charge on any atom is 0.164 e. The summed E-state index contributed by atoms with van der Waals surface area (Å²) in [7, 11) is 0. The molecule has 0 aliphatic rings. The summed E-state index contributed by atoms with van der Waals surface area (Å²) in [6.45, 7) is 0. The number of furan rings is 2. The molecule has 6 nitrogen and oxygen atoms in total. The van der Waals surface area contributed by atoms with E-state index >= 15 is 0 Å². The number of nitrogens with zero attached hydrogens (tertiary/aromatic N) is 4. The maximum atomic E-state index is 6.96. The van der Waals surface area contributed by atoms with Crippen LogP contribution in [0.4, 0.5) is 0 Å². The zero-order chi connectivity index (χ0) is 45.4. The van der Waals surface area contributed by atoms with Crippen LogP contribution in [0.2, 0.25) is 0 Å². The molecular formula is C63H38N4O2. The summed E-state index contributed by atoms with van der Waals surface area (Å²) in [5.74, 6) is 1.86. The smallest absolute Gasteiger partial charge is 0.164 e. The number of rotatable bonds is 7. The first-order chi connectivity index (χ1) is 34.2. The number of aromatic nitrogens is 4. The summed E-state index contributed by atoms with van der Waals surface area (Å²) < 4.78 is 16.1. The lowest BCUT2D eigenvalue weighted by Crippen LogP contribution is -2.00. The van der Waals surface area contributed by atoms with Crippen molar-refractivity contribution >= 4 is 65.7 Å². The Balaban J connectivity index is 0.872. The molecule has 0 amide bonds. The zero-order valence-electron chi connectivity index (χ0n) is 37.0. The van der Waals surface area contributed by atoms with Gasteiger partial charge in [-0.2, -0.15) is 0 Å². The zero-order valence-corrected chi connectivity index (χ0v) is 37.0. The van der Waals surface area contributed by atoms with Crippen LogP contribution in [0.3, 0.4) is 0 Å². The molecule has 0 atom stereocenters. The van der Waals surface area contributed by atoms with Crippen LogP contribution in [0.15, 0.2) is 239 Å². The molecule has 4 aromatic heterocycles. The van der Waals surface area contributed by atoms with E-state index in [0.717, 1.165) is 99.5 Å². The van der Waals surface area contributed by atoms with Crippen LogP contribution in [-0.2, 0) is 0 Å². The van der Waals surface area contributed by atoms with Gasteiger partial charge in [0.05, 0.1) is 16.7 Å². The number of fused-ring (bicyclic) bond motifs is 9. The van der Waals surface area contributed by atoms with Gasteiger partial charge in [0, 0.05) is 54.6 Å². The molecular weight excluding hydrogens is 845 g/mol. The van der Waals surface area contributed by atoms with Crippen molar-refractivity contribution in [2.45, 2.75) is 0 Å². The van der Waals surface area contributed by atoms with Gasteiger partial charge in [-0.25, -0.2) is 15.0 Å². The van der Waals surface area contributed by atoms with Crippen molar-refractivity contribution in [3.8, 4) is 73.2 Å². The van der Waals surface area contributed by atoms with Crippen molar-refractivity contribution in [3.63, 3.8) is 0 Å². The van der Waals surface area contributed by atoms with Crippen molar-refractivity contribution in [1.82, 2.24) is 19.5 Å². The SMILES string of the molecule is c1ccc(-c2ccc3c(c2)c2ccccc2n3-c2cccc3c2oc2cc(-c4cccc5c4oc4cccc(-c6cccc(-c7nc(-c8ccccc8)nc(-c8ccccc8)n7)c6)c45)ccc23)cc1. The largest absolute Gasteiger partial charge is 0.455 e. The summed E-state index contributed by atoms with van der Waals surface area (Å²) in [6, 6.07) is 80.3. The first-order valence-electron chi connectivity index (χ1n) is 23.2. The Morgan fingerprint density at radius 3 is 1.62 bits per heavy atom. The molecule has 0 spiro atoms. The van der Waals surface area contributed by atoms with E-state index in [1.807, 2.05) is 60.7 Å². The fourth-order valence-electron chi connectivity index (χ4n) is 10.2. The molecule has 322 valence electrons. The molecule has 0 bridgehead atoms. The average Bonchev–Trinajstić information content (AvgIpc) is 4.11. The van der Waals surface area contributed by atoms with Gasteiger partial charge in [0.1, 0.15) is 16.7 Å². The third kappa shape index (κ3) is 6.38. The molecule has 0 saturated carbocycles. The molecule has 14 rings (SSSR count). The number of hydrogen-bond acceptors (Lipinski definition) is 5.